The fourth-order valence-corrected chi connectivity index (χ4v) is 1.92. The van der Waals surface area contributed by atoms with E-state index in [4.69, 9.17) is 0 Å². The first-order valence-corrected chi connectivity index (χ1v) is 6.14. The smallest absolute Gasteiger partial charge is 0.425 e. The summed E-state index contributed by atoms with van der Waals surface area (Å²) in [6.45, 7) is 2.82. The van der Waals surface area contributed by atoms with Gasteiger partial charge in [-0.2, -0.15) is 0 Å². The SMILES string of the molecule is CCn1cc(NC(=O)NNC(=O)OC)c2ccccc21. The highest BCUT2D eigenvalue weighted by Gasteiger charge is 2.10. The predicted octanol–water partition coefficient (Wildman–Crippen LogP) is 2.05. The molecule has 7 heteroatoms. The number of carbonyl (C=O) groups excluding carboxylic acids is 2. The number of methoxy groups -OCH3 is 1. The van der Waals surface area contributed by atoms with Crippen molar-refractivity contribution in [3.8, 4) is 0 Å². The van der Waals surface area contributed by atoms with E-state index in [9.17, 15) is 9.59 Å². The molecule has 20 heavy (non-hydrogen) atoms. The Morgan fingerprint density at radius 3 is 2.70 bits per heavy atom. The Hall–Kier alpha value is -2.70. The summed E-state index contributed by atoms with van der Waals surface area (Å²) < 4.78 is 6.37. The quantitative estimate of drug-likeness (QED) is 0.734. The third kappa shape index (κ3) is 2.82. The average molecular weight is 276 g/mol. The van der Waals surface area contributed by atoms with Crippen LogP contribution < -0.4 is 16.2 Å². The van der Waals surface area contributed by atoms with Gasteiger partial charge in [-0.3, -0.25) is 0 Å². The second kappa shape index (κ2) is 5.96. The molecule has 106 valence electrons. The normalized spacial score (nSPS) is 10.1. The van der Waals surface area contributed by atoms with E-state index in [-0.39, 0.29) is 0 Å². The minimum atomic E-state index is -0.740. The van der Waals surface area contributed by atoms with Crippen LogP contribution in [0.15, 0.2) is 30.5 Å². The molecule has 2 rings (SSSR count). The highest BCUT2D eigenvalue weighted by atomic mass is 16.5. The van der Waals surface area contributed by atoms with Gasteiger partial charge in [0.15, 0.2) is 0 Å². The van der Waals surface area contributed by atoms with Crippen LogP contribution in [0.1, 0.15) is 6.92 Å². The Morgan fingerprint density at radius 2 is 2.00 bits per heavy atom. The van der Waals surface area contributed by atoms with Crippen molar-refractivity contribution in [1.82, 2.24) is 15.4 Å². The first-order valence-electron chi connectivity index (χ1n) is 6.14. The molecule has 2 aromatic rings. The molecule has 0 saturated carbocycles. The summed E-state index contributed by atoms with van der Waals surface area (Å²) in [5.41, 5.74) is 5.99. The van der Waals surface area contributed by atoms with Gasteiger partial charge in [0.2, 0.25) is 0 Å². The van der Waals surface area contributed by atoms with Crippen molar-refractivity contribution < 1.29 is 14.3 Å². The Bertz CT molecular complexity index is 636. The molecule has 1 aromatic carbocycles. The standard InChI is InChI=1S/C13H16N4O3/c1-3-17-8-10(9-6-4-5-7-11(9)17)14-12(18)15-16-13(19)20-2/h4-8H,3H2,1-2H3,(H,16,19)(H2,14,15,18). The maximum Gasteiger partial charge on any atom is 0.425 e. The molecule has 7 nitrogen and oxygen atoms in total. The largest absolute Gasteiger partial charge is 0.452 e. The lowest BCUT2D eigenvalue weighted by molar-refractivity contribution is 0.166. The van der Waals surface area contributed by atoms with E-state index in [2.05, 4.69) is 20.9 Å². The number of nitrogens with one attached hydrogen (secondary N) is 3. The number of nitrogens with zero attached hydrogens (tertiary/aromatic N) is 1. The lowest BCUT2D eigenvalue weighted by Gasteiger charge is -2.07. The third-order valence-corrected chi connectivity index (χ3v) is 2.84. The lowest BCUT2D eigenvalue weighted by atomic mass is 10.2. The first kappa shape index (κ1) is 13.7. The summed E-state index contributed by atoms with van der Waals surface area (Å²) in [5.74, 6) is 0. The summed E-state index contributed by atoms with van der Waals surface area (Å²) in [5, 5.41) is 3.61. The zero-order chi connectivity index (χ0) is 14.5. The number of carbonyl (C=O) groups is 2. The molecule has 3 N–H and O–H groups in total. The zero-order valence-corrected chi connectivity index (χ0v) is 11.3. The van der Waals surface area contributed by atoms with E-state index in [0.717, 1.165) is 17.4 Å². The summed E-state index contributed by atoms with van der Waals surface area (Å²) in [4.78, 5) is 22.5. The van der Waals surface area contributed by atoms with Gasteiger partial charge in [-0.15, -0.1) is 0 Å². The monoisotopic (exact) mass is 276 g/mol. The van der Waals surface area contributed by atoms with E-state index in [0.29, 0.717) is 5.69 Å². The maximum absolute atomic E-state index is 11.7. The average Bonchev–Trinajstić information content (AvgIpc) is 2.83. The van der Waals surface area contributed by atoms with Gasteiger partial charge in [0.1, 0.15) is 0 Å². The summed E-state index contributed by atoms with van der Waals surface area (Å²) >= 11 is 0. The van der Waals surface area contributed by atoms with Crippen molar-refractivity contribution in [3.63, 3.8) is 0 Å². The van der Waals surface area contributed by atoms with Crippen LogP contribution in [0.5, 0.6) is 0 Å². The number of hydrogen-bond acceptors (Lipinski definition) is 3. The van der Waals surface area contributed by atoms with Gasteiger partial charge in [-0.25, -0.2) is 20.4 Å². The summed E-state index contributed by atoms with van der Waals surface area (Å²) in [7, 11) is 1.21. The van der Waals surface area contributed by atoms with Gasteiger partial charge in [0, 0.05) is 18.1 Å². The molecule has 0 aliphatic rings. The summed E-state index contributed by atoms with van der Waals surface area (Å²) in [6, 6.07) is 7.20. The van der Waals surface area contributed by atoms with Crippen LogP contribution in [-0.2, 0) is 11.3 Å². The zero-order valence-electron chi connectivity index (χ0n) is 11.3. The number of hydrazine groups is 1. The van der Waals surface area contributed by atoms with E-state index in [1.165, 1.54) is 7.11 Å². The van der Waals surface area contributed by atoms with Crippen molar-refractivity contribution in [3.05, 3.63) is 30.5 Å². The number of hydrogen-bond donors (Lipinski definition) is 3. The number of ether oxygens (including phenoxy) is 1. The Kier molecular flexibility index (Phi) is 4.09. The Morgan fingerprint density at radius 1 is 1.25 bits per heavy atom. The van der Waals surface area contributed by atoms with E-state index < -0.39 is 12.1 Å². The van der Waals surface area contributed by atoms with Crippen LogP contribution in [0.3, 0.4) is 0 Å². The van der Waals surface area contributed by atoms with Crippen LogP contribution in [0.4, 0.5) is 15.3 Å². The first-order chi connectivity index (χ1) is 9.65. The molecule has 0 atom stereocenters. The van der Waals surface area contributed by atoms with Crippen LogP contribution in [0, 0.1) is 0 Å². The number of benzene rings is 1. The second-order valence-electron chi connectivity index (χ2n) is 4.04. The molecule has 0 bridgehead atoms. The van der Waals surface area contributed by atoms with Crippen molar-refractivity contribution in [1.29, 1.82) is 0 Å². The predicted molar refractivity (Wildman–Crippen MR) is 75.3 cm³/mol. The van der Waals surface area contributed by atoms with Crippen LogP contribution in [-0.4, -0.2) is 23.8 Å². The Balaban J connectivity index is 2.13. The number of urea groups is 1. The molecule has 0 aliphatic heterocycles. The number of para-hydroxylation sites is 1. The van der Waals surface area contributed by atoms with Gasteiger partial charge in [-0.1, -0.05) is 18.2 Å². The molecule has 0 spiro atoms. The van der Waals surface area contributed by atoms with Crippen molar-refractivity contribution in [2.45, 2.75) is 13.5 Å². The third-order valence-electron chi connectivity index (χ3n) is 2.84. The van der Waals surface area contributed by atoms with Gasteiger partial charge >= 0.3 is 12.1 Å². The molecule has 0 fully saturated rings. The van der Waals surface area contributed by atoms with E-state index in [1.807, 2.05) is 42.0 Å². The lowest BCUT2D eigenvalue weighted by Crippen LogP contribution is -2.43. The molecular formula is C13H16N4O3. The number of fused-ring (bicyclic) bond motifs is 1. The van der Waals surface area contributed by atoms with Gasteiger partial charge in [0.05, 0.1) is 18.3 Å². The highest BCUT2D eigenvalue weighted by Crippen LogP contribution is 2.25. The van der Waals surface area contributed by atoms with Crippen LogP contribution in [0.2, 0.25) is 0 Å². The molecular weight excluding hydrogens is 260 g/mol. The topological polar surface area (TPSA) is 84.4 Å². The van der Waals surface area contributed by atoms with Gasteiger partial charge in [0.25, 0.3) is 0 Å². The van der Waals surface area contributed by atoms with E-state index in [1.54, 1.807) is 0 Å². The second-order valence-corrected chi connectivity index (χ2v) is 4.04. The highest BCUT2D eigenvalue weighted by molar-refractivity contribution is 6.01. The minimum Gasteiger partial charge on any atom is -0.452 e. The fraction of sp³-hybridized carbons (Fsp3) is 0.231. The Labute approximate surface area is 115 Å². The molecule has 0 unspecified atom stereocenters. The maximum atomic E-state index is 11.7. The minimum absolute atomic E-state index is 0.547. The summed E-state index contributed by atoms with van der Waals surface area (Å²) in [6.07, 6.45) is 1.11. The molecule has 0 saturated heterocycles. The number of aromatic nitrogens is 1. The van der Waals surface area contributed by atoms with Crippen LogP contribution in [0.25, 0.3) is 10.9 Å². The fourth-order valence-electron chi connectivity index (χ4n) is 1.92. The van der Waals surface area contributed by atoms with Gasteiger partial charge in [-0.05, 0) is 13.0 Å². The molecule has 0 radical (unpaired) electrons. The molecule has 0 aliphatic carbocycles. The van der Waals surface area contributed by atoms with Crippen molar-refractivity contribution in [2.24, 2.45) is 0 Å². The van der Waals surface area contributed by atoms with Gasteiger partial charge < -0.3 is 14.6 Å². The molecule has 3 amide bonds. The van der Waals surface area contributed by atoms with Crippen molar-refractivity contribution >= 4 is 28.7 Å². The van der Waals surface area contributed by atoms with E-state index >= 15 is 0 Å². The number of amides is 3. The van der Waals surface area contributed by atoms with Crippen molar-refractivity contribution in [2.75, 3.05) is 12.4 Å². The molecule has 1 heterocycles. The number of aryl methyl sites for hydroxylation is 1. The number of rotatable bonds is 2. The molecule has 1 aromatic heterocycles. The van der Waals surface area contributed by atoms with Crippen LogP contribution >= 0.6 is 0 Å². The number of anilines is 1.